The molecule has 1 unspecified atom stereocenters. The highest BCUT2D eigenvalue weighted by Gasteiger charge is 2.60. The van der Waals surface area contributed by atoms with E-state index in [0.717, 1.165) is 24.0 Å². The summed E-state index contributed by atoms with van der Waals surface area (Å²) in [5, 5.41) is 9.33. The molecule has 1 aromatic carbocycles. The molecule has 0 saturated heterocycles. The summed E-state index contributed by atoms with van der Waals surface area (Å²) >= 11 is 0. The van der Waals surface area contributed by atoms with Crippen LogP contribution in [0.4, 0.5) is 0 Å². The van der Waals surface area contributed by atoms with E-state index < -0.39 is 5.97 Å². The zero-order chi connectivity index (χ0) is 24.5. The fraction of sp³-hybridized carbons (Fsp3) is 0.414. The quantitative estimate of drug-likeness (QED) is 0.536. The normalized spacial score (nSPS) is 24.9. The first kappa shape index (κ1) is 22.1. The molecule has 0 spiro atoms. The van der Waals surface area contributed by atoms with Crippen molar-refractivity contribution in [2.75, 3.05) is 7.11 Å². The maximum absolute atomic E-state index is 11.3. The van der Waals surface area contributed by atoms with Crippen molar-refractivity contribution in [3.05, 3.63) is 81.7 Å². The van der Waals surface area contributed by atoms with Crippen molar-refractivity contribution in [1.29, 1.82) is 0 Å². The lowest BCUT2D eigenvalue weighted by Crippen LogP contribution is -2.13. The van der Waals surface area contributed by atoms with Crippen LogP contribution >= 0.6 is 0 Å². The highest BCUT2D eigenvalue weighted by Crippen LogP contribution is 2.61. The zero-order valence-electron chi connectivity index (χ0n) is 20.5. The first-order valence-electron chi connectivity index (χ1n) is 12.3. The van der Waals surface area contributed by atoms with Crippen LogP contribution in [0.25, 0.3) is 0 Å². The molecule has 35 heavy (non-hydrogen) atoms. The third kappa shape index (κ3) is 3.49. The maximum Gasteiger partial charge on any atom is 0.307 e. The number of benzene rings is 1. The van der Waals surface area contributed by atoms with E-state index in [9.17, 15) is 9.90 Å². The predicted octanol–water partition coefficient (Wildman–Crippen LogP) is 5.16. The molecule has 1 N–H and O–H groups in total. The van der Waals surface area contributed by atoms with Gasteiger partial charge < -0.3 is 14.6 Å². The van der Waals surface area contributed by atoms with Crippen LogP contribution in [0.15, 0.2) is 42.7 Å². The molecular formula is C29H30N2O4. The van der Waals surface area contributed by atoms with Crippen molar-refractivity contribution in [2.24, 2.45) is 11.8 Å². The van der Waals surface area contributed by atoms with Crippen molar-refractivity contribution in [1.82, 2.24) is 9.97 Å². The standard InChI is InChI=1S/C29H30N2O4/c1-15-7-8-30-27(34-4)24(15)20-12-29(2,3)22-6-5-16(9-18(20)22)14-35-23-11-17-10-19-25(21(17)13-31-23)26(19)28(32)33/h5-9,11,13,19-20,25-26H,10,12,14H2,1-4H3,(H,32,33)/t19-,20?,25-,26+/m1/s1. The Balaban J connectivity index is 1.24. The Morgan fingerprint density at radius 3 is 2.77 bits per heavy atom. The Morgan fingerprint density at radius 1 is 1.17 bits per heavy atom. The van der Waals surface area contributed by atoms with Crippen LogP contribution in [0.5, 0.6) is 11.8 Å². The molecule has 1 fully saturated rings. The average molecular weight is 471 g/mol. The van der Waals surface area contributed by atoms with E-state index in [-0.39, 0.29) is 29.1 Å². The Bertz CT molecular complexity index is 1350. The van der Waals surface area contributed by atoms with Crippen LogP contribution in [-0.4, -0.2) is 28.2 Å². The van der Waals surface area contributed by atoms with E-state index in [0.29, 0.717) is 18.4 Å². The summed E-state index contributed by atoms with van der Waals surface area (Å²) in [4.78, 5) is 20.3. The molecule has 1 saturated carbocycles. The smallest absolute Gasteiger partial charge is 0.307 e. The van der Waals surface area contributed by atoms with E-state index >= 15 is 0 Å². The third-order valence-corrected chi connectivity index (χ3v) is 8.30. The highest BCUT2D eigenvalue weighted by atomic mass is 16.5. The Kier molecular flexibility index (Phi) is 4.92. The van der Waals surface area contributed by atoms with Gasteiger partial charge in [0.1, 0.15) is 6.61 Å². The number of rotatable bonds is 6. The average Bonchev–Trinajstić information content (AvgIpc) is 3.33. The number of carboxylic acids is 1. The number of hydrogen-bond donors (Lipinski definition) is 1. The Hall–Kier alpha value is -3.41. The number of ether oxygens (including phenoxy) is 2. The van der Waals surface area contributed by atoms with Crippen LogP contribution in [0.1, 0.15) is 71.0 Å². The van der Waals surface area contributed by atoms with Crippen LogP contribution in [0.2, 0.25) is 0 Å². The first-order valence-corrected chi connectivity index (χ1v) is 12.3. The number of fused-ring (bicyclic) bond motifs is 4. The van der Waals surface area contributed by atoms with Gasteiger partial charge in [-0.1, -0.05) is 32.0 Å². The molecule has 180 valence electrons. The van der Waals surface area contributed by atoms with E-state index in [2.05, 4.69) is 55.0 Å². The van der Waals surface area contributed by atoms with Gasteiger partial charge in [-0.15, -0.1) is 0 Å². The van der Waals surface area contributed by atoms with Gasteiger partial charge in [0.2, 0.25) is 11.8 Å². The number of nitrogens with zero attached hydrogens (tertiary/aromatic N) is 2. The van der Waals surface area contributed by atoms with E-state index in [1.54, 1.807) is 13.3 Å². The van der Waals surface area contributed by atoms with Crippen molar-refractivity contribution in [3.8, 4) is 11.8 Å². The Morgan fingerprint density at radius 2 is 2.00 bits per heavy atom. The second-order valence-corrected chi connectivity index (χ2v) is 10.9. The van der Waals surface area contributed by atoms with Crippen LogP contribution in [0.3, 0.4) is 0 Å². The second-order valence-electron chi connectivity index (χ2n) is 10.9. The first-order chi connectivity index (χ1) is 16.8. The van der Waals surface area contributed by atoms with Gasteiger partial charge in [0.25, 0.3) is 0 Å². The number of carboxylic acid groups (broad SMARTS) is 1. The number of aryl methyl sites for hydroxylation is 1. The molecule has 0 aliphatic heterocycles. The van der Waals surface area contributed by atoms with Gasteiger partial charge in [0, 0.05) is 35.9 Å². The summed E-state index contributed by atoms with van der Waals surface area (Å²) < 4.78 is 11.7. The van der Waals surface area contributed by atoms with Gasteiger partial charge in [-0.3, -0.25) is 4.79 Å². The van der Waals surface area contributed by atoms with Gasteiger partial charge in [-0.25, -0.2) is 9.97 Å². The van der Waals surface area contributed by atoms with Gasteiger partial charge in [0.05, 0.1) is 13.0 Å². The van der Waals surface area contributed by atoms with Gasteiger partial charge in [-0.2, -0.15) is 0 Å². The van der Waals surface area contributed by atoms with E-state index in [1.807, 2.05) is 12.3 Å². The van der Waals surface area contributed by atoms with E-state index in [1.165, 1.54) is 27.8 Å². The molecule has 3 aromatic rings. The molecule has 3 aliphatic carbocycles. The van der Waals surface area contributed by atoms with Crippen molar-refractivity contribution in [3.63, 3.8) is 0 Å². The second kappa shape index (κ2) is 7.80. The largest absolute Gasteiger partial charge is 0.481 e. The molecule has 3 aliphatic rings. The fourth-order valence-corrected chi connectivity index (χ4v) is 6.57. The van der Waals surface area contributed by atoms with Crippen molar-refractivity contribution < 1.29 is 19.4 Å². The molecular weight excluding hydrogens is 440 g/mol. The van der Waals surface area contributed by atoms with Crippen LogP contribution in [0, 0.1) is 18.8 Å². The molecule has 0 amide bonds. The number of pyridine rings is 2. The lowest BCUT2D eigenvalue weighted by molar-refractivity contribution is -0.139. The molecule has 6 rings (SSSR count). The monoisotopic (exact) mass is 470 g/mol. The molecule has 4 atom stereocenters. The SMILES string of the molecule is COc1nccc(C)c1C1CC(C)(C)c2ccc(COc3cc4c(cn3)[C@H]3[C@@H](C4)[C@@H]3C(=O)O)cc21. The number of carbonyl (C=O) groups is 1. The topological polar surface area (TPSA) is 81.5 Å². The van der Waals surface area contributed by atoms with Gasteiger partial charge >= 0.3 is 5.97 Å². The highest BCUT2D eigenvalue weighted by molar-refractivity contribution is 5.77. The number of methoxy groups -OCH3 is 1. The van der Waals surface area contributed by atoms with Crippen molar-refractivity contribution in [2.45, 2.75) is 57.5 Å². The molecule has 2 aromatic heterocycles. The minimum absolute atomic E-state index is 0.0584. The molecule has 6 nitrogen and oxygen atoms in total. The third-order valence-electron chi connectivity index (χ3n) is 8.30. The zero-order valence-corrected chi connectivity index (χ0v) is 20.5. The predicted molar refractivity (Wildman–Crippen MR) is 131 cm³/mol. The van der Waals surface area contributed by atoms with Gasteiger partial charge in [-0.05, 0) is 70.5 Å². The molecule has 2 heterocycles. The summed E-state index contributed by atoms with van der Waals surface area (Å²) in [6, 6.07) is 10.7. The molecule has 0 radical (unpaired) electrons. The summed E-state index contributed by atoms with van der Waals surface area (Å²) in [6.45, 7) is 7.15. The van der Waals surface area contributed by atoms with E-state index in [4.69, 9.17) is 9.47 Å². The number of aromatic nitrogens is 2. The fourth-order valence-electron chi connectivity index (χ4n) is 6.57. The van der Waals surface area contributed by atoms with Crippen molar-refractivity contribution >= 4 is 5.97 Å². The summed E-state index contributed by atoms with van der Waals surface area (Å²) in [5.41, 5.74) is 8.45. The minimum atomic E-state index is -0.692. The van der Waals surface area contributed by atoms with Gasteiger partial charge in [0.15, 0.2) is 0 Å². The maximum atomic E-state index is 11.3. The molecule has 6 heteroatoms. The van der Waals surface area contributed by atoms with Crippen LogP contribution < -0.4 is 9.47 Å². The lowest BCUT2D eigenvalue weighted by atomic mass is 9.84. The minimum Gasteiger partial charge on any atom is -0.481 e. The number of aliphatic carboxylic acids is 1. The summed E-state index contributed by atoms with van der Waals surface area (Å²) in [6.07, 6.45) is 5.42. The summed E-state index contributed by atoms with van der Waals surface area (Å²) in [5.74, 6) is 0.948. The van der Waals surface area contributed by atoms with Crippen LogP contribution in [-0.2, 0) is 23.2 Å². The molecule has 0 bridgehead atoms. The lowest BCUT2D eigenvalue weighted by Gasteiger charge is -2.20. The Labute approximate surface area is 205 Å². The summed E-state index contributed by atoms with van der Waals surface area (Å²) in [7, 11) is 1.69. The number of hydrogen-bond acceptors (Lipinski definition) is 5.